The second-order valence-electron chi connectivity index (χ2n) is 5.53. The molecule has 0 unspecified atom stereocenters. The third-order valence-corrected chi connectivity index (χ3v) is 4.41. The molecule has 0 aliphatic carbocycles. The third kappa shape index (κ3) is 2.55. The maximum atomic E-state index is 10.6. The number of ether oxygens (including phenoxy) is 1. The summed E-state index contributed by atoms with van der Waals surface area (Å²) in [6.45, 7) is 5.29. The van der Waals surface area contributed by atoms with Gasteiger partial charge in [0.1, 0.15) is 24.1 Å². The van der Waals surface area contributed by atoms with Crippen LogP contribution in [0.15, 0.2) is 12.7 Å². The smallest absolute Gasteiger partial charge is 0.167 e. The number of fused-ring (bicyclic) bond motifs is 1. The van der Waals surface area contributed by atoms with Crippen LogP contribution < -0.4 is 5.73 Å². The van der Waals surface area contributed by atoms with E-state index in [4.69, 9.17) is 10.5 Å². The number of likely N-dealkylation sites (N-methyl/N-ethyl adjacent to an activating group) is 1. The van der Waals surface area contributed by atoms with Gasteiger partial charge in [0.05, 0.1) is 19.0 Å². The largest absolute Gasteiger partial charge is 0.394 e. The number of anilines is 1. The summed E-state index contributed by atoms with van der Waals surface area (Å²) in [5, 5.41) is 20.0. The number of nitrogen functional groups attached to an aromatic ring is 1. The fourth-order valence-electron chi connectivity index (χ4n) is 3.21. The lowest BCUT2D eigenvalue weighted by Crippen LogP contribution is -2.46. The van der Waals surface area contributed by atoms with Crippen LogP contribution in [0.25, 0.3) is 11.2 Å². The second-order valence-corrected chi connectivity index (χ2v) is 5.53. The predicted molar refractivity (Wildman–Crippen MR) is 83.4 cm³/mol. The zero-order chi connectivity index (χ0) is 16.6. The minimum Gasteiger partial charge on any atom is -0.394 e. The van der Waals surface area contributed by atoms with Crippen LogP contribution in [0, 0.1) is 0 Å². The first-order chi connectivity index (χ1) is 11.1. The summed E-state index contributed by atoms with van der Waals surface area (Å²) in [7, 11) is 0. The number of hydrogen-bond donors (Lipinski definition) is 3. The molecule has 0 aromatic carbocycles. The number of nitrogens with two attached hydrogens (primary N) is 1. The Balaban J connectivity index is 2.05. The summed E-state index contributed by atoms with van der Waals surface area (Å²) in [6, 6.07) is -0.310. The summed E-state index contributed by atoms with van der Waals surface area (Å²) in [6.07, 6.45) is 0.991. The van der Waals surface area contributed by atoms with Gasteiger partial charge >= 0.3 is 0 Å². The van der Waals surface area contributed by atoms with Crippen LogP contribution >= 0.6 is 0 Å². The van der Waals surface area contributed by atoms with Crippen LogP contribution in [0.5, 0.6) is 0 Å². The van der Waals surface area contributed by atoms with Gasteiger partial charge in [-0.2, -0.15) is 0 Å². The lowest BCUT2D eigenvalue weighted by atomic mass is 10.1. The van der Waals surface area contributed by atoms with E-state index in [9.17, 15) is 10.2 Å². The van der Waals surface area contributed by atoms with Gasteiger partial charge in [-0.3, -0.25) is 9.47 Å². The van der Waals surface area contributed by atoms with Gasteiger partial charge in [0, 0.05) is 0 Å². The molecule has 0 bridgehead atoms. The highest BCUT2D eigenvalue weighted by molar-refractivity contribution is 5.81. The predicted octanol–water partition coefficient (Wildman–Crippen LogP) is -0.630. The van der Waals surface area contributed by atoms with E-state index in [0.717, 1.165) is 13.1 Å². The van der Waals surface area contributed by atoms with E-state index in [0.29, 0.717) is 17.0 Å². The van der Waals surface area contributed by atoms with Gasteiger partial charge in [0.2, 0.25) is 0 Å². The molecule has 0 saturated carbocycles. The third-order valence-electron chi connectivity index (χ3n) is 4.41. The SMILES string of the molecule is CCN(CC)[C@@H]1[C@@H](O)[C@@H](CO)O[C@H]1n1cnc2c(N)ncnc21. The molecule has 0 radical (unpaired) electrons. The second kappa shape index (κ2) is 6.36. The molecule has 1 fully saturated rings. The first-order valence-electron chi connectivity index (χ1n) is 7.73. The van der Waals surface area contributed by atoms with E-state index >= 15 is 0 Å². The van der Waals surface area contributed by atoms with Gasteiger partial charge in [-0.25, -0.2) is 15.0 Å². The molecule has 3 heterocycles. The van der Waals surface area contributed by atoms with E-state index in [1.165, 1.54) is 6.33 Å². The lowest BCUT2D eigenvalue weighted by molar-refractivity contribution is -0.0468. The number of nitrogens with zero attached hydrogens (tertiary/aromatic N) is 5. The lowest BCUT2D eigenvalue weighted by Gasteiger charge is -2.32. The maximum absolute atomic E-state index is 10.6. The average Bonchev–Trinajstić information content (AvgIpc) is 3.12. The summed E-state index contributed by atoms with van der Waals surface area (Å²) < 4.78 is 7.64. The van der Waals surface area contributed by atoms with Gasteiger partial charge in [-0.15, -0.1) is 0 Å². The maximum Gasteiger partial charge on any atom is 0.167 e. The Bertz CT molecular complexity index is 674. The Morgan fingerprint density at radius 3 is 2.70 bits per heavy atom. The zero-order valence-corrected chi connectivity index (χ0v) is 13.2. The van der Waals surface area contributed by atoms with Crippen molar-refractivity contribution in [1.82, 2.24) is 24.4 Å². The number of imidazole rings is 1. The van der Waals surface area contributed by atoms with Crippen LogP contribution in [-0.2, 0) is 4.74 Å². The molecule has 1 saturated heterocycles. The molecule has 1 aliphatic heterocycles. The normalized spacial score (nSPS) is 28.0. The highest BCUT2D eigenvalue weighted by atomic mass is 16.5. The molecule has 3 rings (SSSR count). The Kier molecular flexibility index (Phi) is 4.44. The molecular weight excluding hydrogens is 300 g/mol. The van der Waals surface area contributed by atoms with Crippen LogP contribution in [0.3, 0.4) is 0 Å². The van der Waals surface area contributed by atoms with Gasteiger partial charge < -0.3 is 20.7 Å². The van der Waals surface area contributed by atoms with E-state index < -0.39 is 18.4 Å². The molecule has 126 valence electrons. The van der Waals surface area contributed by atoms with Crippen molar-refractivity contribution in [2.24, 2.45) is 0 Å². The van der Waals surface area contributed by atoms with Crippen molar-refractivity contribution in [3.05, 3.63) is 12.7 Å². The van der Waals surface area contributed by atoms with Crippen molar-refractivity contribution < 1.29 is 14.9 Å². The number of hydrogen-bond acceptors (Lipinski definition) is 8. The van der Waals surface area contributed by atoms with Crippen molar-refractivity contribution in [3.63, 3.8) is 0 Å². The molecular formula is C14H22N6O3. The summed E-state index contributed by atoms with van der Waals surface area (Å²) in [5.41, 5.74) is 6.87. The van der Waals surface area contributed by atoms with Crippen molar-refractivity contribution in [2.75, 3.05) is 25.4 Å². The molecule has 2 aromatic rings. The molecule has 4 N–H and O–H groups in total. The highest BCUT2D eigenvalue weighted by Gasteiger charge is 2.47. The van der Waals surface area contributed by atoms with Crippen LogP contribution in [0.2, 0.25) is 0 Å². The number of rotatable bonds is 5. The first kappa shape index (κ1) is 16.1. The van der Waals surface area contributed by atoms with E-state index in [1.54, 1.807) is 10.9 Å². The Morgan fingerprint density at radius 2 is 2.04 bits per heavy atom. The zero-order valence-electron chi connectivity index (χ0n) is 13.2. The van der Waals surface area contributed by atoms with Gasteiger partial charge in [0.25, 0.3) is 0 Å². The fourth-order valence-corrected chi connectivity index (χ4v) is 3.21. The molecule has 2 aromatic heterocycles. The standard InChI is InChI=1S/C14H22N6O3/c1-3-19(4-2)10-11(22)8(5-21)23-14(10)20-7-18-9-12(15)16-6-17-13(9)20/h6-8,10-11,14,21-22H,3-5H2,1-2H3,(H2,15,16,17)/t8-,10-,11+,14-/m1/s1. The van der Waals surface area contributed by atoms with E-state index in [2.05, 4.69) is 19.9 Å². The van der Waals surface area contributed by atoms with Crippen LogP contribution in [0.4, 0.5) is 5.82 Å². The van der Waals surface area contributed by atoms with Gasteiger partial charge in [0.15, 0.2) is 17.7 Å². The molecule has 4 atom stereocenters. The average molecular weight is 322 g/mol. The number of aliphatic hydroxyl groups is 2. The summed E-state index contributed by atoms with van der Waals surface area (Å²) >= 11 is 0. The molecule has 23 heavy (non-hydrogen) atoms. The van der Waals surface area contributed by atoms with Crippen molar-refractivity contribution >= 4 is 17.0 Å². The van der Waals surface area contributed by atoms with Crippen LogP contribution in [-0.4, -0.2) is 72.6 Å². The monoisotopic (exact) mass is 322 g/mol. The summed E-state index contributed by atoms with van der Waals surface area (Å²) in [5.74, 6) is 0.297. The highest BCUT2D eigenvalue weighted by Crippen LogP contribution is 2.34. The van der Waals surface area contributed by atoms with Gasteiger partial charge in [-0.1, -0.05) is 13.8 Å². The summed E-state index contributed by atoms with van der Waals surface area (Å²) in [4.78, 5) is 14.5. The first-order valence-corrected chi connectivity index (χ1v) is 7.73. The molecule has 0 amide bonds. The Labute approximate surface area is 133 Å². The Morgan fingerprint density at radius 1 is 1.30 bits per heavy atom. The van der Waals surface area contributed by atoms with Crippen LogP contribution in [0.1, 0.15) is 20.1 Å². The molecule has 9 nitrogen and oxygen atoms in total. The number of aliphatic hydroxyl groups excluding tert-OH is 2. The van der Waals surface area contributed by atoms with Gasteiger partial charge in [-0.05, 0) is 13.1 Å². The van der Waals surface area contributed by atoms with Crippen molar-refractivity contribution in [3.8, 4) is 0 Å². The molecule has 1 aliphatic rings. The number of aromatic nitrogens is 4. The Hall–Kier alpha value is -1.81. The minimum absolute atomic E-state index is 0.251. The quantitative estimate of drug-likeness (QED) is 0.665. The topological polar surface area (TPSA) is 123 Å². The van der Waals surface area contributed by atoms with Crippen molar-refractivity contribution in [2.45, 2.75) is 38.3 Å². The van der Waals surface area contributed by atoms with E-state index in [1.807, 2.05) is 13.8 Å². The minimum atomic E-state index is -0.804. The van der Waals surface area contributed by atoms with E-state index in [-0.39, 0.29) is 12.6 Å². The molecule has 0 spiro atoms. The molecule has 9 heteroatoms. The van der Waals surface area contributed by atoms with Crippen molar-refractivity contribution in [1.29, 1.82) is 0 Å². The fraction of sp³-hybridized carbons (Fsp3) is 0.643.